The van der Waals surface area contributed by atoms with Crippen molar-refractivity contribution in [2.24, 2.45) is 0 Å². The first-order chi connectivity index (χ1) is 7.56. The molecule has 4 heteroatoms. The maximum atomic E-state index is 10.8. The molecular weight excluding hydrogens is 208 g/mol. The smallest absolute Gasteiger partial charge is 0.303 e. The van der Waals surface area contributed by atoms with E-state index < -0.39 is 0 Å². The molecule has 0 radical (unpaired) electrons. The van der Waals surface area contributed by atoms with Crippen LogP contribution < -0.4 is 0 Å². The number of esters is 2. The van der Waals surface area contributed by atoms with Crippen molar-refractivity contribution in [3.05, 3.63) is 24.8 Å². The SMILES string of the molecule is C=CCCC(C=CCOC(C)=O)OC(C)=O. The van der Waals surface area contributed by atoms with Crippen LogP contribution >= 0.6 is 0 Å². The van der Waals surface area contributed by atoms with E-state index >= 15 is 0 Å². The van der Waals surface area contributed by atoms with E-state index in [4.69, 9.17) is 9.47 Å². The predicted molar refractivity (Wildman–Crippen MR) is 60.8 cm³/mol. The van der Waals surface area contributed by atoms with E-state index in [2.05, 4.69) is 6.58 Å². The van der Waals surface area contributed by atoms with Crippen LogP contribution in [-0.4, -0.2) is 24.6 Å². The van der Waals surface area contributed by atoms with Crippen LogP contribution in [0.15, 0.2) is 24.8 Å². The van der Waals surface area contributed by atoms with Crippen molar-refractivity contribution in [2.75, 3.05) is 6.61 Å². The summed E-state index contributed by atoms with van der Waals surface area (Å²) in [5, 5.41) is 0. The Labute approximate surface area is 95.9 Å². The fourth-order valence-corrected chi connectivity index (χ4v) is 1.06. The Morgan fingerprint density at radius 3 is 2.50 bits per heavy atom. The molecule has 0 spiro atoms. The molecule has 0 aliphatic carbocycles. The van der Waals surface area contributed by atoms with Crippen LogP contribution in [-0.2, 0) is 19.1 Å². The molecule has 0 N–H and O–H groups in total. The average molecular weight is 226 g/mol. The van der Waals surface area contributed by atoms with Crippen LogP contribution in [0.3, 0.4) is 0 Å². The van der Waals surface area contributed by atoms with Crippen molar-refractivity contribution < 1.29 is 19.1 Å². The normalized spacial score (nSPS) is 12.1. The van der Waals surface area contributed by atoms with Gasteiger partial charge in [-0.05, 0) is 25.0 Å². The fourth-order valence-electron chi connectivity index (χ4n) is 1.06. The van der Waals surface area contributed by atoms with E-state index in [0.717, 1.165) is 6.42 Å². The van der Waals surface area contributed by atoms with E-state index in [1.54, 1.807) is 18.2 Å². The molecule has 0 amide bonds. The molecule has 0 rings (SSSR count). The molecule has 0 fully saturated rings. The Balaban J connectivity index is 4.02. The number of hydrogen-bond acceptors (Lipinski definition) is 4. The summed E-state index contributed by atoms with van der Waals surface area (Å²) in [4.78, 5) is 21.3. The van der Waals surface area contributed by atoms with Gasteiger partial charge in [0.05, 0.1) is 0 Å². The molecule has 0 aromatic carbocycles. The minimum atomic E-state index is -0.334. The quantitative estimate of drug-likeness (QED) is 0.492. The van der Waals surface area contributed by atoms with Gasteiger partial charge in [-0.3, -0.25) is 9.59 Å². The number of allylic oxidation sites excluding steroid dienone is 1. The van der Waals surface area contributed by atoms with Gasteiger partial charge in [0, 0.05) is 13.8 Å². The van der Waals surface area contributed by atoms with E-state index in [9.17, 15) is 9.59 Å². The molecule has 0 aromatic rings. The summed E-state index contributed by atoms with van der Waals surface area (Å²) in [6, 6.07) is 0. The second-order valence-corrected chi connectivity index (χ2v) is 3.24. The van der Waals surface area contributed by atoms with Gasteiger partial charge in [-0.2, -0.15) is 0 Å². The summed E-state index contributed by atoms with van der Waals surface area (Å²) < 4.78 is 9.76. The molecule has 0 bridgehead atoms. The van der Waals surface area contributed by atoms with E-state index in [1.165, 1.54) is 13.8 Å². The van der Waals surface area contributed by atoms with Gasteiger partial charge < -0.3 is 9.47 Å². The summed E-state index contributed by atoms with van der Waals surface area (Å²) >= 11 is 0. The maximum absolute atomic E-state index is 10.8. The van der Waals surface area contributed by atoms with E-state index in [0.29, 0.717) is 6.42 Å². The Hall–Kier alpha value is -1.58. The van der Waals surface area contributed by atoms with Crippen molar-refractivity contribution in [1.29, 1.82) is 0 Å². The Bertz CT molecular complexity index is 268. The number of hydrogen-bond donors (Lipinski definition) is 0. The first-order valence-electron chi connectivity index (χ1n) is 5.14. The molecule has 16 heavy (non-hydrogen) atoms. The zero-order valence-electron chi connectivity index (χ0n) is 9.77. The molecule has 0 saturated carbocycles. The minimum Gasteiger partial charge on any atom is -0.462 e. The lowest BCUT2D eigenvalue weighted by Crippen LogP contribution is -2.13. The zero-order valence-corrected chi connectivity index (χ0v) is 9.77. The summed E-state index contributed by atoms with van der Waals surface area (Å²) in [5.41, 5.74) is 0. The maximum Gasteiger partial charge on any atom is 0.303 e. The molecule has 0 aliphatic rings. The third kappa shape index (κ3) is 8.99. The van der Waals surface area contributed by atoms with Gasteiger partial charge in [0.25, 0.3) is 0 Å². The van der Waals surface area contributed by atoms with Crippen LogP contribution in [0.1, 0.15) is 26.7 Å². The molecule has 0 aliphatic heterocycles. The third-order valence-corrected chi connectivity index (χ3v) is 1.71. The molecule has 1 atom stereocenters. The topological polar surface area (TPSA) is 52.6 Å². The van der Waals surface area contributed by atoms with Crippen LogP contribution in [0.2, 0.25) is 0 Å². The monoisotopic (exact) mass is 226 g/mol. The minimum absolute atomic E-state index is 0.196. The molecular formula is C12H18O4. The molecule has 4 nitrogen and oxygen atoms in total. The van der Waals surface area contributed by atoms with E-state index in [1.807, 2.05) is 0 Å². The van der Waals surface area contributed by atoms with Crippen molar-refractivity contribution in [2.45, 2.75) is 32.8 Å². The number of carbonyl (C=O) groups is 2. The second-order valence-electron chi connectivity index (χ2n) is 3.24. The first kappa shape index (κ1) is 14.4. The highest BCUT2D eigenvalue weighted by Crippen LogP contribution is 2.05. The lowest BCUT2D eigenvalue weighted by atomic mass is 10.2. The highest BCUT2D eigenvalue weighted by atomic mass is 16.5. The standard InChI is InChI=1S/C12H18O4/c1-4-5-7-12(16-11(3)14)8-6-9-15-10(2)13/h4,6,8,12H,1,5,7,9H2,2-3H3. The number of rotatable bonds is 7. The summed E-state index contributed by atoms with van der Waals surface area (Å²) in [6.07, 6.45) is 6.30. The highest BCUT2D eigenvalue weighted by molar-refractivity contribution is 5.66. The Morgan fingerprint density at radius 1 is 1.31 bits per heavy atom. The van der Waals surface area contributed by atoms with Gasteiger partial charge >= 0.3 is 11.9 Å². The lowest BCUT2D eigenvalue weighted by molar-refractivity contribution is -0.144. The molecule has 0 heterocycles. The highest BCUT2D eigenvalue weighted by Gasteiger charge is 2.06. The van der Waals surface area contributed by atoms with Gasteiger partial charge in [0.15, 0.2) is 0 Å². The fraction of sp³-hybridized carbons (Fsp3) is 0.500. The second kappa shape index (κ2) is 8.71. The summed E-state index contributed by atoms with van der Waals surface area (Å²) in [6.45, 7) is 6.50. The Morgan fingerprint density at radius 2 is 2.00 bits per heavy atom. The molecule has 90 valence electrons. The zero-order chi connectivity index (χ0) is 12.4. The van der Waals surface area contributed by atoms with Crippen LogP contribution in [0.5, 0.6) is 0 Å². The molecule has 0 saturated heterocycles. The van der Waals surface area contributed by atoms with Gasteiger partial charge in [-0.25, -0.2) is 0 Å². The number of carbonyl (C=O) groups excluding carboxylic acids is 2. The van der Waals surface area contributed by atoms with Crippen molar-refractivity contribution in [1.82, 2.24) is 0 Å². The first-order valence-corrected chi connectivity index (χ1v) is 5.14. The predicted octanol–water partition coefficient (Wildman–Crippen LogP) is 2.00. The van der Waals surface area contributed by atoms with Gasteiger partial charge in [0.2, 0.25) is 0 Å². The van der Waals surface area contributed by atoms with Gasteiger partial charge in [-0.15, -0.1) is 6.58 Å². The molecule has 0 aromatic heterocycles. The lowest BCUT2D eigenvalue weighted by Gasteiger charge is -2.11. The number of ether oxygens (including phenoxy) is 2. The summed E-state index contributed by atoms with van der Waals surface area (Å²) in [7, 11) is 0. The van der Waals surface area contributed by atoms with Crippen molar-refractivity contribution >= 4 is 11.9 Å². The van der Waals surface area contributed by atoms with Crippen LogP contribution in [0, 0.1) is 0 Å². The van der Waals surface area contributed by atoms with E-state index in [-0.39, 0.29) is 24.6 Å². The molecule has 1 unspecified atom stereocenters. The van der Waals surface area contributed by atoms with Crippen LogP contribution in [0.4, 0.5) is 0 Å². The largest absolute Gasteiger partial charge is 0.462 e. The van der Waals surface area contributed by atoms with Crippen LogP contribution in [0.25, 0.3) is 0 Å². The van der Waals surface area contributed by atoms with Gasteiger partial charge in [0.1, 0.15) is 12.7 Å². The average Bonchev–Trinajstić information content (AvgIpc) is 2.19. The Kier molecular flexibility index (Phi) is 7.85. The summed E-state index contributed by atoms with van der Waals surface area (Å²) in [5.74, 6) is -0.661. The third-order valence-electron chi connectivity index (χ3n) is 1.71. The van der Waals surface area contributed by atoms with Gasteiger partial charge in [-0.1, -0.05) is 6.08 Å². The van der Waals surface area contributed by atoms with Crippen molar-refractivity contribution in [3.63, 3.8) is 0 Å². The van der Waals surface area contributed by atoms with Crippen molar-refractivity contribution in [3.8, 4) is 0 Å².